The van der Waals surface area contributed by atoms with E-state index in [1.807, 2.05) is 0 Å². The van der Waals surface area contributed by atoms with Crippen molar-refractivity contribution in [1.29, 1.82) is 0 Å². The lowest BCUT2D eigenvalue weighted by atomic mass is 9.79. The zero-order chi connectivity index (χ0) is 12.3. The molecule has 0 amide bonds. The molecule has 0 heterocycles. The smallest absolute Gasteiger partial charge is 0.308 e. The Morgan fingerprint density at radius 2 is 1.76 bits per heavy atom. The molecule has 92 valence electrons. The summed E-state index contributed by atoms with van der Waals surface area (Å²) in [5, 5.41) is 0. The Bertz CT molecular complexity index is 378. The molecule has 0 atom stereocenters. The quantitative estimate of drug-likeness (QED) is 0.774. The molecule has 0 unspecified atom stereocenters. The van der Waals surface area contributed by atoms with Crippen LogP contribution in [0.3, 0.4) is 0 Å². The summed E-state index contributed by atoms with van der Waals surface area (Å²) in [6, 6.07) is 8.52. The van der Waals surface area contributed by atoms with Crippen LogP contribution in [0.5, 0.6) is 0 Å². The van der Waals surface area contributed by atoms with Crippen LogP contribution in [0.4, 0.5) is 0 Å². The summed E-state index contributed by atoms with van der Waals surface area (Å²) < 4.78 is 5.92. The summed E-state index contributed by atoms with van der Waals surface area (Å²) >= 11 is 3.45. The third kappa shape index (κ3) is 3.09. The van der Waals surface area contributed by atoms with E-state index in [1.165, 1.54) is 12.7 Å². The Morgan fingerprint density at radius 3 is 2.29 bits per heavy atom. The van der Waals surface area contributed by atoms with Gasteiger partial charge in [-0.1, -0.05) is 28.1 Å². The van der Waals surface area contributed by atoms with Crippen molar-refractivity contribution in [3.8, 4) is 0 Å². The average molecular weight is 297 g/mol. The molecule has 0 radical (unpaired) electrons. The SMILES string of the molecule is COC(=O)C1CCC(c2ccc(Br)cc2)CC1. The molecular weight excluding hydrogens is 280 g/mol. The molecule has 0 spiro atoms. The number of methoxy groups -OCH3 is 1. The number of carbonyl (C=O) groups excluding carboxylic acids is 1. The summed E-state index contributed by atoms with van der Waals surface area (Å²) in [4.78, 5) is 11.4. The molecular formula is C14H17BrO2. The fourth-order valence-corrected chi connectivity index (χ4v) is 2.83. The second-order valence-corrected chi connectivity index (χ2v) is 5.54. The zero-order valence-electron chi connectivity index (χ0n) is 9.99. The van der Waals surface area contributed by atoms with Crippen LogP contribution in [0.2, 0.25) is 0 Å². The molecule has 17 heavy (non-hydrogen) atoms. The van der Waals surface area contributed by atoms with Crippen molar-refractivity contribution in [2.75, 3.05) is 7.11 Å². The van der Waals surface area contributed by atoms with Crippen LogP contribution in [-0.2, 0) is 9.53 Å². The number of ether oxygens (including phenoxy) is 1. The first-order valence-electron chi connectivity index (χ1n) is 6.04. The Hall–Kier alpha value is -0.830. The van der Waals surface area contributed by atoms with Crippen LogP contribution in [0.1, 0.15) is 37.2 Å². The molecule has 1 aliphatic carbocycles. The van der Waals surface area contributed by atoms with Crippen LogP contribution in [0, 0.1) is 5.92 Å². The molecule has 0 N–H and O–H groups in total. The van der Waals surface area contributed by atoms with E-state index in [2.05, 4.69) is 40.2 Å². The molecule has 0 bridgehead atoms. The van der Waals surface area contributed by atoms with Crippen molar-refractivity contribution >= 4 is 21.9 Å². The fraction of sp³-hybridized carbons (Fsp3) is 0.500. The van der Waals surface area contributed by atoms with E-state index in [1.54, 1.807) is 0 Å². The number of esters is 1. The second kappa shape index (κ2) is 5.67. The maximum absolute atomic E-state index is 11.4. The van der Waals surface area contributed by atoms with Crippen molar-refractivity contribution in [1.82, 2.24) is 0 Å². The van der Waals surface area contributed by atoms with Crippen LogP contribution in [0.25, 0.3) is 0 Å². The lowest BCUT2D eigenvalue weighted by Gasteiger charge is -2.27. The van der Waals surface area contributed by atoms with Crippen LogP contribution in [-0.4, -0.2) is 13.1 Å². The van der Waals surface area contributed by atoms with Crippen LogP contribution < -0.4 is 0 Å². The average Bonchev–Trinajstić information content (AvgIpc) is 2.39. The fourth-order valence-electron chi connectivity index (χ4n) is 2.56. The molecule has 0 aromatic heterocycles. The van der Waals surface area contributed by atoms with E-state index >= 15 is 0 Å². The van der Waals surface area contributed by atoms with E-state index in [0.29, 0.717) is 5.92 Å². The van der Waals surface area contributed by atoms with Gasteiger partial charge in [0.25, 0.3) is 0 Å². The van der Waals surface area contributed by atoms with E-state index in [-0.39, 0.29) is 11.9 Å². The highest BCUT2D eigenvalue weighted by Crippen LogP contribution is 2.36. The zero-order valence-corrected chi connectivity index (χ0v) is 11.6. The number of benzene rings is 1. The van der Waals surface area contributed by atoms with Gasteiger partial charge < -0.3 is 4.74 Å². The monoisotopic (exact) mass is 296 g/mol. The summed E-state index contributed by atoms with van der Waals surface area (Å²) in [5.74, 6) is 0.676. The first-order valence-corrected chi connectivity index (χ1v) is 6.83. The normalized spacial score (nSPS) is 24.4. The van der Waals surface area contributed by atoms with Crippen LogP contribution in [0.15, 0.2) is 28.7 Å². The highest BCUT2D eigenvalue weighted by Gasteiger charge is 2.27. The van der Waals surface area contributed by atoms with Gasteiger partial charge in [-0.25, -0.2) is 0 Å². The Labute approximate surface area is 110 Å². The van der Waals surface area contributed by atoms with Crippen molar-refractivity contribution in [3.05, 3.63) is 34.3 Å². The minimum Gasteiger partial charge on any atom is -0.469 e. The topological polar surface area (TPSA) is 26.3 Å². The van der Waals surface area contributed by atoms with Gasteiger partial charge in [-0.05, 0) is 49.3 Å². The first kappa shape index (κ1) is 12.6. The molecule has 2 rings (SSSR count). The van der Waals surface area contributed by atoms with Gasteiger partial charge in [0.05, 0.1) is 13.0 Å². The third-order valence-corrected chi connectivity index (χ3v) is 4.13. The molecule has 2 nitrogen and oxygen atoms in total. The number of carbonyl (C=O) groups is 1. The van der Waals surface area contributed by atoms with E-state index in [0.717, 1.165) is 30.2 Å². The minimum atomic E-state index is -0.0424. The molecule has 1 aliphatic rings. The predicted molar refractivity (Wildman–Crippen MR) is 70.9 cm³/mol. The van der Waals surface area contributed by atoms with Crippen molar-refractivity contribution < 1.29 is 9.53 Å². The summed E-state index contributed by atoms with van der Waals surface area (Å²) in [6.45, 7) is 0. The van der Waals surface area contributed by atoms with Gasteiger partial charge in [0.2, 0.25) is 0 Å². The highest BCUT2D eigenvalue weighted by atomic mass is 79.9. The maximum Gasteiger partial charge on any atom is 0.308 e. The van der Waals surface area contributed by atoms with Crippen molar-refractivity contribution in [2.45, 2.75) is 31.6 Å². The third-order valence-electron chi connectivity index (χ3n) is 3.60. The van der Waals surface area contributed by atoms with Gasteiger partial charge in [-0.2, -0.15) is 0 Å². The standard InChI is InChI=1S/C14H17BrO2/c1-17-14(16)12-4-2-10(3-5-12)11-6-8-13(15)9-7-11/h6-10,12H,2-5H2,1H3. The number of rotatable bonds is 2. The Kier molecular flexibility index (Phi) is 4.21. The Balaban J connectivity index is 1.95. The molecule has 3 heteroatoms. The molecule has 1 aromatic carbocycles. The molecule has 0 saturated heterocycles. The van der Waals surface area contributed by atoms with Crippen molar-refractivity contribution in [2.24, 2.45) is 5.92 Å². The number of hydrogen-bond acceptors (Lipinski definition) is 2. The van der Waals surface area contributed by atoms with E-state index < -0.39 is 0 Å². The van der Waals surface area contributed by atoms with Crippen LogP contribution >= 0.6 is 15.9 Å². The van der Waals surface area contributed by atoms with Gasteiger partial charge in [0, 0.05) is 4.47 Å². The predicted octanol–water partition coefficient (Wildman–Crippen LogP) is 3.90. The van der Waals surface area contributed by atoms with E-state index in [4.69, 9.17) is 4.74 Å². The second-order valence-electron chi connectivity index (χ2n) is 4.62. The highest BCUT2D eigenvalue weighted by molar-refractivity contribution is 9.10. The molecule has 1 fully saturated rings. The largest absolute Gasteiger partial charge is 0.469 e. The van der Waals surface area contributed by atoms with E-state index in [9.17, 15) is 4.79 Å². The Morgan fingerprint density at radius 1 is 1.18 bits per heavy atom. The molecule has 0 aliphatic heterocycles. The molecule has 1 saturated carbocycles. The maximum atomic E-state index is 11.4. The summed E-state index contributed by atoms with van der Waals surface area (Å²) in [5.41, 5.74) is 1.39. The number of hydrogen-bond donors (Lipinski definition) is 0. The van der Waals surface area contributed by atoms with Gasteiger partial charge in [-0.15, -0.1) is 0 Å². The lowest BCUT2D eigenvalue weighted by molar-refractivity contribution is -0.146. The summed E-state index contributed by atoms with van der Waals surface area (Å²) in [6.07, 6.45) is 4.07. The van der Waals surface area contributed by atoms with Gasteiger partial charge >= 0.3 is 5.97 Å². The van der Waals surface area contributed by atoms with Gasteiger partial charge in [-0.3, -0.25) is 4.79 Å². The first-order chi connectivity index (χ1) is 8.20. The van der Waals surface area contributed by atoms with Gasteiger partial charge in [0.1, 0.15) is 0 Å². The van der Waals surface area contributed by atoms with Crippen molar-refractivity contribution in [3.63, 3.8) is 0 Å². The molecule has 1 aromatic rings. The summed E-state index contributed by atoms with van der Waals surface area (Å²) in [7, 11) is 1.48. The van der Waals surface area contributed by atoms with Gasteiger partial charge in [0.15, 0.2) is 0 Å². The number of halogens is 1. The minimum absolute atomic E-state index is 0.0424. The lowest BCUT2D eigenvalue weighted by Crippen LogP contribution is -2.22.